The second kappa shape index (κ2) is 5.73. The number of hydrogen-bond acceptors (Lipinski definition) is 7. The van der Waals surface area contributed by atoms with Crippen molar-refractivity contribution in [3.63, 3.8) is 0 Å². The third-order valence-corrected chi connectivity index (χ3v) is 5.05. The molecule has 23 heavy (non-hydrogen) atoms. The molecule has 4 heterocycles. The molecule has 0 aromatic carbocycles. The smallest absolute Gasteiger partial charge is 0.140 e. The Morgan fingerprint density at radius 3 is 2.57 bits per heavy atom. The predicted octanol–water partition coefficient (Wildman–Crippen LogP) is 2.42. The van der Waals surface area contributed by atoms with Crippen LogP contribution in [0.15, 0.2) is 24.7 Å². The summed E-state index contributed by atoms with van der Waals surface area (Å²) in [5, 5.41) is 1.17. The maximum Gasteiger partial charge on any atom is 0.140 e. The van der Waals surface area contributed by atoms with E-state index in [4.69, 9.17) is 0 Å². The Bertz CT molecular complexity index is 837. The summed E-state index contributed by atoms with van der Waals surface area (Å²) in [7, 11) is 0. The van der Waals surface area contributed by atoms with Crippen molar-refractivity contribution >= 4 is 33.2 Å². The van der Waals surface area contributed by atoms with Crippen LogP contribution in [0.3, 0.4) is 0 Å². The van der Waals surface area contributed by atoms with Gasteiger partial charge in [0, 0.05) is 37.3 Å². The van der Waals surface area contributed by atoms with Gasteiger partial charge in [0.1, 0.15) is 28.6 Å². The zero-order chi connectivity index (χ0) is 15.8. The lowest BCUT2D eigenvalue weighted by Gasteiger charge is -2.36. The molecule has 0 aliphatic carbocycles. The number of piperazine rings is 1. The largest absolute Gasteiger partial charge is 0.353 e. The molecule has 7 heteroatoms. The molecule has 3 aromatic rings. The molecule has 0 atom stereocenters. The van der Waals surface area contributed by atoms with Crippen LogP contribution in [0.25, 0.3) is 10.2 Å². The first kappa shape index (κ1) is 14.3. The van der Waals surface area contributed by atoms with Gasteiger partial charge < -0.3 is 9.80 Å². The van der Waals surface area contributed by atoms with Crippen LogP contribution in [-0.2, 0) is 0 Å². The molecule has 0 radical (unpaired) electrons. The Labute approximate surface area is 138 Å². The van der Waals surface area contributed by atoms with Gasteiger partial charge in [-0.1, -0.05) is 0 Å². The van der Waals surface area contributed by atoms with E-state index in [1.807, 2.05) is 19.2 Å². The van der Waals surface area contributed by atoms with E-state index in [1.165, 1.54) is 10.3 Å². The number of aryl methyl sites for hydroxylation is 2. The summed E-state index contributed by atoms with van der Waals surface area (Å²) >= 11 is 1.72. The van der Waals surface area contributed by atoms with E-state index in [-0.39, 0.29) is 0 Å². The van der Waals surface area contributed by atoms with Crippen molar-refractivity contribution in [3.05, 3.63) is 35.4 Å². The Hall–Kier alpha value is -2.28. The highest BCUT2D eigenvalue weighted by Gasteiger charge is 2.21. The van der Waals surface area contributed by atoms with Gasteiger partial charge in [-0.25, -0.2) is 19.9 Å². The van der Waals surface area contributed by atoms with Crippen LogP contribution in [0.2, 0.25) is 0 Å². The lowest BCUT2D eigenvalue weighted by molar-refractivity contribution is 0.641. The van der Waals surface area contributed by atoms with Crippen LogP contribution in [-0.4, -0.2) is 46.1 Å². The highest BCUT2D eigenvalue weighted by atomic mass is 32.1. The second-order valence-electron chi connectivity index (χ2n) is 5.71. The fourth-order valence-electron chi connectivity index (χ4n) is 2.98. The number of aromatic nitrogens is 4. The van der Waals surface area contributed by atoms with Crippen LogP contribution in [0.1, 0.15) is 10.7 Å². The van der Waals surface area contributed by atoms with Crippen LogP contribution < -0.4 is 9.80 Å². The number of thiophene rings is 1. The lowest BCUT2D eigenvalue weighted by Crippen LogP contribution is -2.47. The van der Waals surface area contributed by atoms with Crippen molar-refractivity contribution in [2.45, 2.75) is 13.8 Å². The molecule has 0 amide bonds. The predicted molar refractivity (Wildman–Crippen MR) is 93.3 cm³/mol. The van der Waals surface area contributed by atoms with Crippen molar-refractivity contribution in [3.8, 4) is 0 Å². The van der Waals surface area contributed by atoms with E-state index < -0.39 is 0 Å². The zero-order valence-electron chi connectivity index (χ0n) is 13.2. The molecule has 0 unspecified atom stereocenters. The fraction of sp³-hybridized carbons (Fsp3) is 0.375. The Morgan fingerprint density at radius 1 is 1.00 bits per heavy atom. The summed E-state index contributed by atoms with van der Waals surface area (Å²) in [6.07, 6.45) is 3.50. The summed E-state index contributed by atoms with van der Waals surface area (Å²) in [5.41, 5.74) is 0. The normalized spacial score (nSPS) is 15.4. The molecule has 3 aromatic heterocycles. The quantitative estimate of drug-likeness (QED) is 0.721. The van der Waals surface area contributed by atoms with Crippen molar-refractivity contribution in [1.29, 1.82) is 0 Å². The molecule has 1 aliphatic heterocycles. The zero-order valence-corrected chi connectivity index (χ0v) is 14.0. The van der Waals surface area contributed by atoms with Crippen molar-refractivity contribution in [1.82, 2.24) is 19.9 Å². The monoisotopic (exact) mass is 326 g/mol. The molecule has 0 bridgehead atoms. The van der Waals surface area contributed by atoms with Gasteiger partial charge in [0.25, 0.3) is 0 Å². The summed E-state index contributed by atoms with van der Waals surface area (Å²) in [6.45, 7) is 7.78. The summed E-state index contributed by atoms with van der Waals surface area (Å²) in [6, 6.07) is 4.17. The average Bonchev–Trinajstić information content (AvgIpc) is 2.95. The van der Waals surface area contributed by atoms with Crippen molar-refractivity contribution in [2.24, 2.45) is 0 Å². The number of hydrogen-bond donors (Lipinski definition) is 0. The van der Waals surface area contributed by atoms with Crippen molar-refractivity contribution in [2.75, 3.05) is 36.0 Å². The summed E-state index contributed by atoms with van der Waals surface area (Å²) in [4.78, 5) is 24.6. The maximum absolute atomic E-state index is 4.53. The van der Waals surface area contributed by atoms with Crippen molar-refractivity contribution < 1.29 is 0 Å². The molecule has 1 aliphatic rings. The first-order valence-corrected chi connectivity index (χ1v) is 8.53. The minimum atomic E-state index is 0.816. The van der Waals surface area contributed by atoms with Crippen LogP contribution >= 0.6 is 11.3 Å². The molecule has 0 N–H and O–H groups in total. The second-order valence-corrected chi connectivity index (χ2v) is 6.94. The molecular weight excluding hydrogens is 308 g/mol. The Balaban J connectivity index is 1.55. The Morgan fingerprint density at radius 2 is 1.78 bits per heavy atom. The molecule has 118 valence electrons. The number of nitrogens with zero attached hydrogens (tertiary/aromatic N) is 6. The topological polar surface area (TPSA) is 58.0 Å². The van der Waals surface area contributed by atoms with Gasteiger partial charge in [0.05, 0.1) is 5.39 Å². The molecule has 1 saturated heterocycles. The van der Waals surface area contributed by atoms with Gasteiger partial charge in [-0.2, -0.15) is 0 Å². The van der Waals surface area contributed by atoms with Gasteiger partial charge >= 0.3 is 0 Å². The minimum absolute atomic E-state index is 0.816. The van der Waals surface area contributed by atoms with E-state index in [0.29, 0.717) is 0 Å². The maximum atomic E-state index is 4.53. The summed E-state index contributed by atoms with van der Waals surface area (Å²) in [5.74, 6) is 2.88. The number of rotatable bonds is 2. The van der Waals surface area contributed by atoms with Gasteiger partial charge in [0.15, 0.2) is 0 Å². The number of fused-ring (bicyclic) bond motifs is 1. The van der Waals surface area contributed by atoms with E-state index in [1.54, 1.807) is 17.7 Å². The third kappa shape index (κ3) is 2.72. The summed E-state index contributed by atoms with van der Waals surface area (Å²) < 4.78 is 0. The third-order valence-electron chi connectivity index (χ3n) is 4.10. The molecular formula is C16H18N6S. The van der Waals surface area contributed by atoms with Crippen LogP contribution in [0.5, 0.6) is 0 Å². The van der Waals surface area contributed by atoms with Crippen LogP contribution in [0, 0.1) is 13.8 Å². The minimum Gasteiger partial charge on any atom is -0.353 e. The standard InChI is InChI=1S/C16H18N6S/c1-11-9-13-15(18-10-19-16(13)23-11)22-7-5-21(6-8-22)14-3-4-17-12(2)20-14/h3-4,9-10H,5-8H2,1-2H3. The van der Waals surface area contributed by atoms with Gasteiger partial charge in [-0.05, 0) is 26.0 Å². The number of anilines is 2. The molecule has 1 fully saturated rings. The van der Waals surface area contributed by atoms with E-state index >= 15 is 0 Å². The first-order chi connectivity index (χ1) is 11.2. The SMILES string of the molecule is Cc1nccc(N2CCN(c3ncnc4sc(C)cc34)CC2)n1. The first-order valence-electron chi connectivity index (χ1n) is 7.71. The van der Waals surface area contributed by atoms with E-state index in [9.17, 15) is 0 Å². The molecule has 6 nitrogen and oxygen atoms in total. The van der Waals surface area contributed by atoms with Gasteiger partial charge in [-0.3, -0.25) is 0 Å². The highest BCUT2D eigenvalue weighted by molar-refractivity contribution is 7.18. The van der Waals surface area contributed by atoms with Gasteiger partial charge in [-0.15, -0.1) is 11.3 Å². The fourth-order valence-corrected chi connectivity index (χ4v) is 3.82. The van der Waals surface area contributed by atoms with E-state index in [0.717, 1.165) is 48.5 Å². The van der Waals surface area contributed by atoms with Gasteiger partial charge in [0.2, 0.25) is 0 Å². The van der Waals surface area contributed by atoms with Crippen LogP contribution in [0.4, 0.5) is 11.6 Å². The molecule has 4 rings (SSSR count). The molecule has 0 spiro atoms. The molecule has 0 saturated carbocycles. The lowest BCUT2D eigenvalue weighted by atomic mass is 10.2. The average molecular weight is 326 g/mol. The van der Waals surface area contributed by atoms with E-state index in [2.05, 4.69) is 42.7 Å². The highest BCUT2D eigenvalue weighted by Crippen LogP contribution is 2.30. The Kier molecular flexibility index (Phi) is 3.57.